The first kappa shape index (κ1) is 13.9. The van der Waals surface area contributed by atoms with Crippen molar-refractivity contribution < 1.29 is 9.90 Å². The summed E-state index contributed by atoms with van der Waals surface area (Å²) in [6.07, 6.45) is 0. The Kier molecular flexibility index (Phi) is 4.12. The molecular formula is C14H11BrClNO2. The number of carbonyl (C=O) groups excluding carboxylic acids is 1. The molecule has 3 nitrogen and oxygen atoms in total. The van der Waals surface area contributed by atoms with Gasteiger partial charge >= 0.3 is 0 Å². The highest BCUT2D eigenvalue weighted by Gasteiger charge is 2.09. The Balaban J connectivity index is 2.23. The second kappa shape index (κ2) is 5.63. The molecule has 0 bridgehead atoms. The molecule has 2 rings (SSSR count). The molecule has 0 spiro atoms. The number of amides is 1. The average Bonchev–Trinajstić information content (AvgIpc) is 2.36. The molecule has 0 unspecified atom stereocenters. The zero-order valence-electron chi connectivity index (χ0n) is 10.1. The van der Waals surface area contributed by atoms with E-state index < -0.39 is 0 Å². The monoisotopic (exact) mass is 339 g/mol. The molecule has 98 valence electrons. The van der Waals surface area contributed by atoms with E-state index in [1.165, 1.54) is 6.07 Å². The smallest absolute Gasteiger partial charge is 0.255 e. The third kappa shape index (κ3) is 3.28. The Morgan fingerprint density at radius 1 is 1.26 bits per heavy atom. The fourth-order valence-electron chi connectivity index (χ4n) is 1.62. The van der Waals surface area contributed by atoms with Gasteiger partial charge in [-0.2, -0.15) is 0 Å². The van der Waals surface area contributed by atoms with Crippen molar-refractivity contribution in [1.29, 1.82) is 0 Å². The van der Waals surface area contributed by atoms with E-state index in [0.29, 0.717) is 20.7 Å². The maximum Gasteiger partial charge on any atom is 0.255 e. The molecule has 0 heterocycles. The van der Waals surface area contributed by atoms with Crippen molar-refractivity contribution in [3.8, 4) is 5.75 Å². The van der Waals surface area contributed by atoms with E-state index in [0.717, 1.165) is 5.56 Å². The molecule has 0 saturated carbocycles. The van der Waals surface area contributed by atoms with Gasteiger partial charge in [0.15, 0.2) is 0 Å². The minimum Gasteiger partial charge on any atom is -0.508 e. The summed E-state index contributed by atoms with van der Waals surface area (Å²) in [6.45, 7) is 1.81. The van der Waals surface area contributed by atoms with E-state index in [9.17, 15) is 9.90 Å². The number of benzene rings is 2. The molecule has 0 fully saturated rings. The Hall–Kier alpha value is -1.52. The normalized spacial score (nSPS) is 10.3. The van der Waals surface area contributed by atoms with Crippen LogP contribution in [0.2, 0.25) is 5.02 Å². The molecule has 0 aromatic heterocycles. The van der Waals surface area contributed by atoms with Crippen LogP contribution in [-0.4, -0.2) is 11.0 Å². The van der Waals surface area contributed by atoms with E-state index in [2.05, 4.69) is 21.2 Å². The SMILES string of the molecule is Cc1cc(O)ccc1NC(=O)c1ccc(Cl)c(Br)c1. The van der Waals surface area contributed by atoms with E-state index in [1.54, 1.807) is 30.3 Å². The summed E-state index contributed by atoms with van der Waals surface area (Å²) >= 11 is 9.16. The van der Waals surface area contributed by atoms with Crippen LogP contribution in [0.25, 0.3) is 0 Å². The van der Waals surface area contributed by atoms with Crippen molar-refractivity contribution in [2.24, 2.45) is 0 Å². The predicted molar refractivity (Wildman–Crippen MR) is 79.9 cm³/mol. The van der Waals surface area contributed by atoms with Crippen LogP contribution >= 0.6 is 27.5 Å². The number of aromatic hydroxyl groups is 1. The average molecular weight is 341 g/mol. The molecular weight excluding hydrogens is 330 g/mol. The number of phenolic OH excluding ortho intramolecular Hbond substituents is 1. The van der Waals surface area contributed by atoms with Crippen LogP contribution in [0.5, 0.6) is 5.75 Å². The highest BCUT2D eigenvalue weighted by molar-refractivity contribution is 9.10. The Bertz CT molecular complexity index is 643. The van der Waals surface area contributed by atoms with Gasteiger partial charge in [0.25, 0.3) is 5.91 Å². The topological polar surface area (TPSA) is 49.3 Å². The maximum absolute atomic E-state index is 12.1. The number of hydrogen-bond acceptors (Lipinski definition) is 2. The molecule has 0 saturated heterocycles. The molecule has 0 aliphatic rings. The van der Waals surface area contributed by atoms with Gasteiger partial charge in [-0.25, -0.2) is 0 Å². The van der Waals surface area contributed by atoms with Crippen molar-refractivity contribution in [2.75, 3.05) is 5.32 Å². The maximum atomic E-state index is 12.1. The number of rotatable bonds is 2. The molecule has 0 atom stereocenters. The summed E-state index contributed by atoms with van der Waals surface area (Å²) in [5.41, 5.74) is 1.96. The Labute approximate surface area is 124 Å². The number of phenols is 1. The first-order valence-corrected chi connectivity index (χ1v) is 6.70. The number of aryl methyl sites for hydroxylation is 1. The molecule has 0 aliphatic heterocycles. The fourth-order valence-corrected chi connectivity index (χ4v) is 2.12. The lowest BCUT2D eigenvalue weighted by Crippen LogP contribution is -2.12. The van der Waals surface area contributed by atoms with Crippen molar-refractivity contribution in [1.82, 2.24) is 0 Å². The zero-order chi connectivity index (χ0) is 14.0. The van der Waals surface area contributed by atoms with Crippen LogP contribution in [0.3, 0.4) is 0 Å². The van der Waals surface area contributed by atoms with Crippen molar-refractivity contribution >= 4 is 39.1 Å². The number of anilines is 1. The summed E-state index contributed by atoms with van der Waals surface area (Å²) in [6, 6.07) is 9.75. The molecule has 5 heteroatoms. The molecule has 0 radical (unpaired) electrons. The van der Waals surface area contributed by atoms with E-state index in [-0.39, 0.29) is 11.7 Å². The molecule has 2 N–H and O–H groups in total. The van der Waals surface area contributed by atoms with Gasteiger partial charge in [-0.15, -0.1) is 0 Å². The molecule has 19 heavy (non-hydrogen) atoms. The lowest BCUT2D eigenvalue weighted by Gasteiger charge is -2.09. The van der Waals surface area contributed by atoms with Crippen LogP contribution in [-0.2, 0) is 0 Å². The van der Waals surface area contributed by atoms with Crippen LogP contribution in [0.15, 0.2) is 40.9 Å². The summed E-state index contributed by atoms with van der Waals surface area (Å²) in [4.78, 5) is 12.1. The van der Waals surface area contributed by atoms with Crippen LogP contribution in [0.4, 0.5) is 5.69 Å². The van der Waals surface area contributed by atoms with Gasteiger partial charge in [-0.3, -0.25) is 4.79 Å². The second-order valence-electron chi connectivity index (χ2n) is 4.08. The number of nitrogens with one attached hydrogen (secondary N) is 1. The van der Waals surface area contributed by atoms with Crippen LogP contribution in [0, 0.1) is 6.92 Å². The Morgan fingerprint density at radius 2 is 2.00 bits per heavy atom. The lowest BCUT2D eigenvalue weighted by molar-refractivity contribution is 0.102. The quantitative estimate of drug-likeness (QED) is 0.798. The van der Waals surface area contributed by atoms with E-state index in [4.69, 9.17) is 11.6 Å². The van der Waals surface area contributed by atoms with Crippen molar-refractivity contribution in [3.63, 3.8) is 0 Å². The van der Waals surface area contributed by atoms with Crippen LogP contribution < -0.4 is 5.32 Å². The van der Waals surface area contributed by atoms with Gasteiger partial charge in [-0.1, -0.05) is 11.6 Å². The summed E-state index contributed by atoms with van der Waals surface area (Å²) < 4.78 is 0.671. The summed E-state index contributed by atoms with van der Waals surface area (Å²) in [5.74, 6) is -0.0594. The van der Waals surface area contributed by atoms with Gasteiger partial charge in [0.05, 0.1) is 5.02 Å². The van der Waals surface area contributed by atoms with E-state index in [1.807, 2.05) is 6.92 Å². The van der Waals surface area contributed by atoms with Gasteiger partial charge in [0.2, 0.25) is 0 Å². The van der Waals surface area contributed by atoms with Crippen molar-refractivity contribution in [3.05, 3.63) is 57.0 Å². The Morgan fingerprint density at radius 3 is 2.63 bits per heavy atom. The highest BCUT2D eigenvalue weighted by Crippen LogP contribution is 2.25. The van der Waals surface area contributed by atoms with Gasteiger partial charge in [-0.05, 0) is 64.8 Å². The number of hydrogen-bond donors (Lipinski definition) is 2. The first-order chi connectivity index (χ1) is 8.97. The van der Waals surface area contributed by atoms with E-state index >= 15 is 0 Å². The third-order valence-electron chi connectivity index (χ3n) is 2.64. The first-order valence-electron chi connectivity index (χ1n) is 5.53. The lowest BCUT2D eigenvalue weighted by atomic mass is 10.1. The van der Waals surface area contributed by atoms with Crippen molar-refractivity contribution in [2.45, 2.75) is 6.92 Å². The van der Waals surface area contributed by atoms with Crippen LogP contribution in [0.1, 0.15) is 15.9 Å². The zero-order valence-corrected chi connectivity index (χ0v) is 12.4. The minimum absolute atomic E-state index is 0.171. The highest BCUT2D eigenvalue weighted by atomic mass is 79.9. The minimum atomic E-state index is -0.230. The van der Waals surface area contributed by atoms with Gasteiger partial charge < -0.3 is 10.4 Å². The summed E-state index contributed by atoms with van der Waals surface area (Å²) in [5, 5.41) is 12.7. The predicted octanol–water partition coefficient (Wildman–Crippen LogP) is 4.37. The largest absolute Gasteiger partial charge is 0.508 e. The molecule has 1 amide bonds. The number of halogens is 2. The standard InChI is InChI=1S/C14H11BrClNO2/c1-8-6-10(18)3-5-13(8)17-14(19)9-2-4-12(16)11(15)7-9/h2-7,18H,1H3,(H,17,19). The molecule has 2 aromatic rings. The molecule has 0 aliphatic carbocycles. The third-order valence-corrected chi connectivity index (χ3v) is 3.85. The second-order valence-corrected chi connectivity index (χ2v) is 5.34. The number of carbonyl (C=O) groups is 1. The fraction of sp³-hybridized carbons (Fsp3) is 0.0714. The molecule has 2 aromatic carbocycles. The van der Waals surface area contributed by atoms with Gasteiger partial charge in [0.1, 0.15) is 5.75 Å². The summed E-state index contributed by atoms with van der Waals surface area (Å²) in [7, 11) is 0. The van der Waals surface area contributed by atoms with Gasteiger partial charge in [0, 0.05) is 15.7 Å².